The molecule has 3 unspecified atom stereocenters. The van der Waals surface area contributed by atoms with Crippen LogP contribution in [0.2, 0.25) is 0 Å². The minimum Gasteiger partial charge on any atom is -0.478 e. The van der Waals surface area contributed by atoms with Crippen molar-refractivity contribution in [3.8, 4) is 0 Å². The Morgan fingerprint density at radius 2 is 1.46 bits per heavy atom. The molecule has 1 heterocycles. The standard InChI is InChI=1S/C25H31NO2/c1-24(2,3)22-17-28-23(26-22)20-15-10-16-21(20)25(27,18-11-6-4-7-12-18)19-13-8-5-9-14-19/h4-9,11-14,20-22,27H,10,15-17H2,1-3H3. The van der Waals surface area contributed by atoms with Crippen molar-refractivity contribution in [3.05, 3.63) is 71.8 Å². The van der Waals surface area contributed by atoms with E-state index in [-0.39, 0.29) is 23.3 Å². The van der Waals surface area contributed by atoms with Gasteiger partial charge in [-0.3, -0.25) is 0 Å². The zero-order chi connectivity index (χ0) is 19.8. The molecule has 0 spiro atoms. The van der Waals surface area contributed by atoms with Gasteiger partial charge in [-0.25, -0.2) is 4.99 Å². The van der Waals surface area contributed by atoms with Crippen LogP contribution in [0.15, 0.2) is 65.7 Å². The molecule has 2 aliphatic rings. The van der Waals surface area contributed by atoms with Gasteiger partial charge in [0.2, 0.25) is 0 Å². The van der Waals surface area contributed by atoms with E-state index in [4.69, 9.17) is 9.73 Å². The highest BCUT2D eigenvalue weighted by Crippen LogP contribution is 2.49. The van der Waals surface area contributed by atoms with E-state index in [1.165, 1.54) is 0 Å². The van der Waals surface area contributed by atoms with Crippen molar-refractivity contribution in [1.29, 1.82) is 0 Å². The molecule has 1 fully saturated rings. The first-order valence-electron chi connectivity index (χ1n) is 10.4. The largest absolute Gasteiger partial charge is 0.478 e. The normalized spacial score (nSPS) is 25.4. The van der Waals surface area contributed by atoms with Crippen LogP contribution in [0, 0.1) is 17.3 Å². The average molecular weight is 378 g/mol. The van der Waals surface area contributed by atoms with Gasteiger partial charge in [0, 0.05) is 11.8 Å². The number of hydrogen-bond acceptors (Lipinski definition) is 3. The third-order valence-electron chi connectivity index (χ3n) is 6.47. The Balaban J connectivity index is 1.75. The molecule has 1 aliphatic heterocycles. The van der Waals surface area contributed by atoms with E-state index in [0.717, 1.165) is 36.3 Å². The zero-order valence-corrected chi connectivity index (χ0v) is 17.1. The Morgan fingerprint density at radius 3 is 1.96 bits per heavy atom. The average Bonchev–Trinajstić information content (AvgIpc) is 3.38. The lowest BCUT2D eigenvalue weighted by atomic mass is 9.71. The van der Waals surface area contributed by atoms with E-state index in [1.54, 1.807) is 0 Å². The first-order chi connectivity index (χ1) is 13.4. The molecule has 2 aromatic rings. The second-order valence-electron chi connectivity index (χ2n) is 9.30. The molecule has 1 aliphatic carbocycles. The molecule has 0 amide bonds. The van der Waals surface area contributed by atoms with Crippen molar-refractivity contribution >= 4 is 5.90 Å². The van der Waals surface area contributed by atoms with Crippen LogP contribution in [-0.4, -0.2) is 23.7 Å². The van der Waals surface area contributed by atoms with Crippen LogP contribution in [-0.2, 0) is 10.3 Å². The fraction of sp³-hybridized carbons (Fsp3) is 0.480. The predicted octanol–water partition coefficient (Wildman–Crippen LogP) is 5.18. The summed E-state index contributed by atoms with van der Waals surface area (Å²) in [7, 11) is 0. The van der Waals surface area contributed by atoms with Crippen LogP contribution in [0.25, 0.3) is 0 Å². The maximum atomic E-state index is 12.2. The third kappa shape index (κ3) is 3.37. The maximum Gasteiger partial charge on any atom is 0.187 e. The highest BCUT2D eigenvalue weighted by molar-refractivity contribution is 5.81. The second-order valence-corrected chi connectivity index (χ2v) is 9.30. The number of aliphatic imine (C=N–C) groups is 1. The van der Waals surface area contributed by atoms with Crippen molar-refractivity contribution < 1.29 is 9.84 Å². The van der Waals surface area contributed by atoms with Gasteiger partial charge in [0.1, 0.15) is 12.2 Å². The lowest BCUT2D eigenvalue weighted by molar-refractivity contribution is 0.00635. The Labute approximate surface area is 168 Å². The number of rotatable bonds is 4. The Kier molecular flexibility index (Phi) is 5.05. The molecule has 0 aromatic heterocycles. The van der Waals surface area contributed by atoms with Gasteiger partial charge in [-0.2, -0.15) is 0 Å². The van der Waals surface area contributed by atoms with Crippen LogP contribution in [0.4, 0.5) is 0 Å². The molecule has 0 bridgehead atoms. The summed E-state index contributed by atoms with van der Waals surface area (Å²) in [5.41, 5.74) is 0.938. The van der Waals surface area contributed by atoms with Gasteiger partial charge >= 0.3 is 0 Å². The van der Waals surface area contributed by atoms with Gasteiger partial charge in [0.05, 0.1) is 6.04 Å². The Bertz CT molecular complexity index is 783. The molecule has 3 heteroatoms. The molecule has 0 radical (unpaired) electrons. The molecule has 3 nitrogen and oxygen atoms in total. The fourth-order valence-electron chi connectivity index (χ4n) is 4.77. The van der Waals surface area contributed by atoms with Crippen LogP contribution < -0.4 is 0 Å². The minimum atomic E-state index is -1.05. The molecule has 28 heavy (non-hydrogen) atoms. The SMILES string of the molecule is CC(C)(C)C1COC(C2CCCC2C(O)(c2ccccc2)c2ccccc2)=N1. The molecule has 148 valence electrons. The van der Waals surface area contributed by atoms with Gasteiger partial charge in [-0.15, -0.1) is 0 Å². The monoisotopic (exact) mass is 377 g/mol. The lowest BCUT2D eigenvalue weighted by Gasteiger charge is -2.38. The predicted molar refractivity (Wildman–Crippen MR) is 113 cm³/mol. The lowest BCUT2D eigenvalue weighted by Crippen LogP contribution is -2.40. The number of aliphatic hydroxyl groups is 1. The van der Waals surface area contributed by atoms with Gasteiger partial charge < -0.3 is 9.84 Å². The minimum absolute atomic E-state index is 0.0507. The first-order valence-corrected chi connectivity index (χ1v) is 10.4. The summed E-state index contributed by atoms with van der Waals surface area (Å²) in [6.45, 7) is 7.29. The summed E-state index contributed by atoms with van der Waals surface area (Å²) in [5, 5.41) is 12.2. The summed E-state index contributed by atoms with van der Waals surface area (Å²) in [4.78, 5) is 4.98. The van der Waals surface area contributed by atoms with E-state index < -0.39 is 5.60 Å². The van der Waals surface area contributed by atoms with Gasteiger partial charge in [-0.1, -0.05) is 87.9 Å². The topological polar surface area (TPSA) is 41.8 Å². The van der Waals surface area contributed by atoms with Crippen molar-refractivity contribution in [2.24, 2.45) is 22.2 Å². The first kappa shape index (κ1) is 19.2. The quantitative estimate of drug-likeness (QED) is 0.797. The molecule has 0 saturated heterocycles. The summed E-state index contributed by atoms with van der Waals surface area (Å²) in [5.74, 6) is 1.06. The molecule has 3 atom stereocenters. The summed E-state index contributed by atoms with van der Waals surface area (Å²) in [6.07, 6.45) is 3.07. The van der Waals surface area contributed by atoms with Crippen LogP contribution >= 0.6 is 0 Å². The fourth-order valence-corrected chi connectivity index (χ4v) is 4.77. The van der Waals surface area contributed by atoms with Crippen molar-refractivity contribution in [2.75, 3.05) is 6.61 Å². The Hall–Kier alpha value is -2.13. The number of nitrogens with zero attached hydrogens (tertiary/aromatic N) is 1. The summed E-state index contributed by atoms with van der Waals surface area (Å²) in [6, 6.07) is 20.4. The van der Waals surface area contributed by atoms with E-state index in [2.05, 4.69) is 20.8 Å². The van der Waals surface area contributed by atoms with Gasteiger partial charge in [0.25, 0.3) is 0 Å². The third-order valence-corrected chi connectivity index (χ3v) is 6.47. The van der Waals surface area contributed by atoms with Gasteiger partial charge in [0.15, 0.2) is 5.90 Å². The Morgan fingerprint density at radius 1 is 0.893 bits per heavy atom. The smallest absolute Gasteiger partial charge is 0.187 e. The molecule has 1 N–H and O–H groups in total. The zero-order valence-electron chi connectivity index (χ0n) is 17.1. The van der Waals surface area contributed by atoms with Crippen LogP contribution in [0.1, 0.15) is 51.2 Å². The second kappa shape index (κ2) is 7.36. The van der Waals surface area contributed by atoms with E-state index in [9.17, 15) is 5.11 Å². The van der Waals surface area contributed by atoms with E-state index in [1.807, 2.05) is 60.7 Å². The summed E-state index contributed by atoms with van der Waals surface area (Å²) >= 11 is 0. The highest BCUT2D eigenvalue weighted by atomic mass is 16.5. The summed E-state index contributed by atoms with van der Waals surface area (Å²) < 4.78 is 6.11. The molecular weight excluding hydrogens is 346 g/mol. The van der Waals surface area contributed by atoms with E-state index >= 15 is 0 Å². The van der Waals surface area contributed by atoms with Gasteiger partial charge in [-0.05, 0) is 29.4 Å². The maximum absolute atomic E-state index is 12.2. The van der Waals surface area contributed by atoms with Crippen molar-refractivity contribution in [3.63, 3.8) is 0 Å². The molecular formula is C25H31NO2. The van der Waals surface area contributed by atoms with Crippen LogP contribution in [0.3, 0.4) is 0 Å². The molecule has 4 rings (SSSR count). The number of ether oxygens (including phenoxy) is 1. The molecule has 1 saturated carbocycles. The van der Waals surface area contributed by atoms with E-state index in [0.29, 0.717) is 6.61 Å². The van der Waals surface area contributed by atoms with Crippen LogP contribution in [0.5, 0.6) is 0 Å². The van der Waals surface area contributed by atoms with Crippen molar-refractivity contribution in [1.82, 2.24) is 0 Å². The highest BCUT2D eigenvalue weighted by Gasteiger charge is 2.49. The molecule has 2 aromatic carbocycles. The number of hydrogen-bond donors (Lipinski definition) is 1. The number of benzene rings is 2. The van der Waals surface area contributed by atoms with Crippen molar-refractivity contribution in [2.45, 2.75) is 51.7 Å².